The first-order valence-corrected chi connectivity index (χ1v) is 7.70. The second kappa shape index (κ2) is 4.89. The zero-order valence-corrected chi connectivity index (χ0v) is 11.6. The maximum absolute atomic E-state index is 12.2. The van der Waals surface area contributed by atoms with Crippen molar-refractivity contribution in [3.63, 3.8) is 0 Å². The van der Waals surface area contributed by atoms with E-state index in [-0.39, 0.29) is 16.8 Å². The van der Waals surface area contributed by atoms with Crippen molar-refractivity contribution in [2.45, 2.75) is 43.5 Å². The number of nitrogens with zero attached hydrogens (tertiary/aromatic N) is 2. The Labute approximate surface area is 108 Å². The molecule has 102 valence electrons. The highest BCUT2D eigenvalue weighted by molar-refractivity contribution is 7.89. The van der Waals surface area contributed by atoms with Crippen molar-refractivity contribution >= 4 is 15.8 Å². The van der Waals surface area contributed by atoms with E-state index in [9.17, 15) is 8.42 Å². The Morgan fingerprint density at radius 3 is 2.67 bits per heavy atom. The van der Waals surface area contributed by atoms with Crippen LogP contribution in [0.25, 0.3) is 0 Å². The van der Waals surface area contributed by atoms with E-state index in [1.165, 1.54) is 17.3 Å². The largest absolute Gasteiger partial charge is 0.383 e. The van der Waals surface area contributed by atoms with Crippen molar-refractivity contribution in [3.8, 4) is 0 Å². The van der Waals surface area contributed by atoms with Crippen LogP contribution in [0.3, 0.4) is 0 Å². The number of rotatable bonds is 3. The minimum atomic E-state index is -3.56. The molecule has 1 aliphatic carbocycles. The van der Waals surface area contributed by atoms with Gasteiger partial charge >= 0.3 is 0 Å². The van der Waals surface area contributed by atoms with Gasteiger partial charge in [-0.1, -0.05) is 19.8 Å². The SMILES string of the molecule is CC1CCCCC1NS(=O)(=O)c1cnn(C)c1N. The normalized spacial score (nSPS) is 25.2. The molecule has 0 aromatic carbocycles. The molecule has 0 radical (unpaired) electrons. The molecule has 2 unspecified atom stereocenters. The third-order valence-corrected chi connectivity index (χ3v) is 5.16. The lowest BCUT2D eigenvalue weighted by molar-refractivity contribution is 0.310. The first-order valence-electron chi connectivity index (χ1n) is 6.21. The number of nitrogens with one attached hydrogen (secondary N) is 1. The molecule has 2 atom stereocenters. The van der Waals surface area contributed by atoms with E-state index in [0.29, 0.717) is 5.92 Å². The van der Waals surface area contributed by atoms with Gasteiger partial charge in [0.2, 0.25) is 10.0 Å². The Morgan fingerprint density at radius 1 is 1.44 bits per heavy atom. The highest BCUT2D eigenvalue weighted by Crippen LogP contribution is 2.26. The molecule has 1 saturated carbocycles. The van der Waals surface area contributed by atoms with Crippen LogP contribution in [0.15, 0.2) is 11.1 Å². The van der Waals surface area contributed by atoms with Gasteiger partial charge in [0.05, 0.1) is 6.20 Å². The maximum Gasteiger partial charge on any atom is 0.246 e. The lowest BCUT2D eigenvalue weighted by Gasteiger charge is -2.29. The number of anilines is 1. The molecule has 18 heavy (non-hydrogen) atoms. The summed E-state index contributed by atoms with van der Waals surface area (Å²) >= 11 is 0. The highest BCUT2D eigenvalue weighted by Gasteiger charge is 2.28. The summed E-state index contributed by atoms with van der Waals surface area (Å²) in [6.45, 7) is 2.08. The molecular weight excluding hydrogens is 252 g/mol. The lowest BCUT2D eigenvalue weighted by atomic mass is 9.87. The van der Waals surface area contributed by atoms with E-state index in [4.69, 9.17) is 5.73 Å². The molecule has 0 spiro atoms. The lowest BCUT2D eigenvalue weighted by Crippen LogP contribution is -2.41. The predicted octanol–water partition coefficient (Wildman–Crippen LogP) is 0.859. The smallest absolute Gasteiger partial charge is 0.246 e. The van der Waals surface area contributed by atoms with Crippen LogP contribution in [0, 0.1) is 5.92 Å². The fourth-order valence-electron chi connectivity index (χ4n) is 2.39. The van der Waals surface area contributed by atoms with Gasteiger partial charge in [-0.05, 0) is 18.8 Å². The average Bonchev–Trinajstić information content (AvgIpc) is 2.63. The quantitative estimate of drug-likeness (QED) is 0.854. The zero-order valence-electron chi connectivity index (χ0n) is 10.8. The number of aryl methyl sites for hydroxylation is 1. The fraction of sp³-hybridized carbons (Fsp3) is 0.727. The average molecular weight is 272 g/mol. The van der Waals surface area contributed by atoms with Crippen molar-refractivity contribution in [2.75, 3.05) is 5.73 Å². The van der Waals surface area contributed by atoms with E-state index in [0.717, 1.165) is 19.3 Å². The summed E-state index contributed by atoms with van der Waals surface area (Å²) in [5.41, 5.74) is 5.71. The molecule has 0 bridgehead atoms. The Hall–Kier alpha value is -1.08. The number of nitrogen functional groups attached to an aromatic ring is 1. The Bertz CT molecular complexity index is 523. The van der Waals surface area contributed by atoms with E-state index in [2.05, 4.69) is 16.7 Å². The van der Waals surface area contributed by atoms with E-state index >= 15 is 0 Å². The molecule has 3 N–H and O–H groups in total. The van der Waals surface area contributed by atoms with Crippen LogP contribution in [-0.2, 0) is 17.1 Å². The highest BCUT2D eigenvalue weighted by atomic mass is 32.2. The predicted molar refractivity (Wildman–Crippen MR) is 69.4 cm³/mol. The Kier molecular flexibility index (Phi) is 3.63. The van der Waals surface area contributed by atoms with Crippen molar-refractivity contribution < 1.29 is 8.42 Å². The van der Waals surface area contributed by atoms with Crippen LogP contribution < -0.4 is 10.5 Å². The van der Waals surface area contributed by atoms with Crippen LogP contribution in [0.2, 0.25) is 0 Å². The summed E-state index contributed by atoms with van der Waals surface area (Å²) in [5, 5.41) is 3.87. The van der Waals surface area contributed by atoms with Gasteiger partial charge < -0.3 is 5.73 Å². The van der Waals surface area contributed by atoms with Crippen LogP contribution in [0.5, 0.6) is 0 Å². The second-order valence-electron chi connectivity index (χ2n) is 5.01. The molecule has 7 heteroatoms. The molecule has 2 rings (SSSR count). The van der Waals surface area contributed by atoms with Gasteiger partial charge in [-0.2, -0.15) is 5.10 Å². The van der Waals surface area contributed by atoms with Gasteiger partial charge in [-0.25, -0.2) is 13.1 Å². The summed E-state index contributed by atoms with van der Waals surface area (Å²) in [7, 11) is -1.94. The summed E-state index contributed by atoms with van der Waals surface area (Å²) in [5.74, 6) is 0.539. The van der Waals surface area contributed by atoms with Crippen molar-refractivity contribution in [1.82, 2.24) is 14.5 Å². The van der Waals surface area contributed by atoms with E-state index < -0.39 is 10.0 Å². The van der Waals surface area contributed by atoms with Crippen LogP contribution in [-0.4, -0.2) is 24.2 Å². The van der Waals surface area contributed by atoms with Crippen molar-refractivity contribution in [3.05, 3.63) is 6.20 Å². The van der Waals surface area contributed by atoms with E-state index in [1.807, 2.05) is 0 Å². The standard InChI is InChI=1S/C11H20N4O2S/c1-8-5-3-4-6-9(8)14-18(16,17)10-7-13-15(2)11(10)12/h7-9,14H,3-6,12H2,1-2H3. The molecule has 6 nitrogen and oxygen atoms in total. The zero-order chi connectivity index (χ0) is 13.3. The van der Waals surface area contributed by atoms with Gasteiger partial charge in [0, 0.05) is 13.1 Å². The van der Waals surface area contributed by atoms with Crippen LogP contribution >= 0.6 is 0 Å². The first-order chi connectivity index (χ1) is 8.42. The molecule has 1 heterocycles. The molecule has 0 aliphatic heterocycles. The number of hydrogen-bond donors (Lipinski definition) is 2. The van der Waals surface area contributed by atoms with Gasteiger partial charge in [-0.15, -0.1) is 0 Å². The van der Waals surface area contributed by atoms with Crippen molar-refractivity contribution in [1.29, 1.82) is 0 Å². The molecule has 1 aromatic rings. The third kappa shape index (κ3) is 2.51. The van der Waals surface area contributed by atoms with Gasteiger partial charge in [-0.3, -0.25) is 4.68 Å². The third-order valence-electron chi connectivity index (χ3n) is 3.66. The molecular formula is C11H20N4O2S. The van der Waals surface area contributed by atoms with Gasteiger partial charge in [0.1, 0.15) is 10.7 Å². The van der Waals surface area contributed by atoms with E-state index in [1.54, 1.807) is 7.05 Å². The summed E-state index contributed by atoms with van der Waals surface area (Å²) < 4.78 is 28.6. The topological polar surface area (TPSA) is 90.0 Å². The van der Waals surface area contributed by atoms with Crippen LogP contribution in [0.1, 0.15) is 32.6 Å². The summed E-state index contributed by atoms with van der Waals surface area (Å²) in [4.78, 5) is 0.0720. The number of sulfonamides is 1. The molecule has 1 aromatic heterocycles. The Balaban J connectivity index is 2.19. The van der Waals surface area contributed by atoms with Gasteiger partial charge in [0.25, 0.3) is 0 Å². The van der Waals surface area contributed by atoms with Crippen LogP contribution in [0.4, 0.5) is 5.82 Å². The fourth-order valence-corrected chi connectivity index (χ4v) is 3.86. The number of aromatic nitrogens is 2. The summed E-state index contributed by atoms with van der Waals surface area (Å²) in [6, 6.07) is 0.00311. The maximum atomic E-state index is 12.2. The molecule has 0 saturated heterocycles. The number of hydrogen-bond acceptors (Lipinski definition) is 4. The monoisotopic (exact) mass is 272 g/mol. The van der Waals surface area contributed by atoms with Crippen molar-refractivity contribution in [2.24, 2.45) is 13.0 Å². The molecule has 0 amide bonds. The summed E-state index contributed by atoms with van der Waals surface area (Å²) in [6.07, 6.45) is 5.50. The first kappa shape index (κ1) is 13.4. The van der Waals surface area contributed by atoms with Gasteiger partial charge in [0.15, 0.2) is 0 Å². The second-order valence-corrected chi connectivity index (χ2v) is 6.69. The Morgan fingerprint density at radius 2 is 2.11 bits per heavy atom. The minimum absolute atomic E-state index is 0.00311. The molecule has 1 aliphatic rings. The number of nitrogens with two attached hydrogens (primary N) is 1. The minimum Gasteiger partial charge on any atom is -0.383 e. The molecule has 1 fully saturated rings.